The number of rotatable bonds is 3. The van der Waals surface area contributed by atoms with Crippen LogP contribution in [0.15, 0.2) is 65.7 Å². The molecule has 0 N–H and O–H groups in total. The Hall–Kier alpha value is -3.18. The van der Waals surface area contributed by atoms with E-state index < -0.39 is 5.97 Å². The first-order valence-corrected chi connectivity index (χ1v) is 8.89. The van der Waals surface area contributed by atoms with E-state index in [1.807, 2.05) is 30.5 Å². The average Bonchev–Trinajstić information content (AvgIpc) is 3.24. The van der Waals surface area contributed by atoms with E-state index in [9.17, 15) is 9.59 Å². The van der Waals surface area contributed by atoms with Crippen LogP contribution in [-0.4, -0.2) is 11.8 Å². The van der Waals surface area contributed by atoms with Crippen molar-refractivity contribution in [2.45, 2.75) is 6.92 Å². The number of thiophene rings is 1. The molecule has 0 bridgehead atoms. The largest absolute Gasteiger partial charge is 0.452 e. The molecule has 4 nitrogen and oxygen atoms in total. The molecule has 1 aliphatic heterocycles. The lowest BCUT2D eigenvalue weighted by atomic mass is 10.1. The topological polar surface area (TPSA) is 52.6 Å². The second-order valence-electron chi connectivity index (χ2n) is 5.87. The lowest BCUT2D eigenvalue weighted by molar-refractivity contribution is 0.0734. The molecule has 26 heavy (non-hydrogen) atoms. The molecule has 1 aromatic heterocycles. The van der Waals surface area contributed by atoms with Crippen LogP contribution in [0.2, 0.25) is 0 Å². The Morgan fingerprint density at radius 2 is 2.00 bits per heavy atom. The summed E-state index contributed by atoms with van der Waals surface area (Å²) >= 11 is 1.52. The summed E-state index contributed by atoms with van der Waals surface area (Å²) < 4.78 is 11.1. The minimum atomic E-state index is -0.452. The monoisotopic (exact) mass is 362 g/mol. The molecule has 0 fully saturated rings. The van der Waals surface area contributed by atoms with Gasteiger partial charge in [-0.3, -0.25) is 4.79 Å². The van der Waals surface area contributed by atoms with Crippen molar-refractivity contribution in [3.8, 4) is 11.5 Å². The molecular weight excluding hydrogens is 348 g/mol. The van der Waals surface area contributed by atoms with Crippen LogP contribution in [0.5, 0.6) is 11.5 Å². The van der Waals surface area contributed by atoms with Gasteiger partial charge in [-0.2, -0.15) is 0 Å². The lowest BCUT2D eigenvalue weighted by Gasteiger charge is -2.06. The Balaban J connectivity index is 1.56. The normalized spacial score (nSPS) is 14.2. The zero-order valence-corrected chi connectivity index (χ0v) is 14.7. The Morgan fingerprint density at radius 1 is 1.12 bits per heavy atom. The second-order valence-corrected chi connectivity index (χ2v) is 6.85. The van der Waals surface area contributed by atoms with E-state index in [0.717, 1.165) is 10.4 Å². The van der Waals surface area contributed by atoms with Crippen molar-refractivity contribution >= 4 is 29.2 Å². The highest BCUT2D eigenvalue weighted by Gasteiger charge is 2.28. The molecule has 0 radical (unpaired) electrons. The summed E-state index contributed by atoms with van der Waals surface area (Å²) in [5.41, 5.74) is 1.91. The highest BCUT2D eigenvalue weighted by molar-refractivity contribution is 7.10. The van der Waals surface area contributed by atoms with Crippen LogP contribution in [0.1, 0.15) is 31.2 Å². The molecule has 1 aliphatic rings. The molecule has 2 aromatic carbocycles. The van der Waals surface area contributed by atoms with Gasteiger partial charge in [-0.25, -0.2) is 4.79 Å². The van der Waals surface area contributed by atoms with E-state index >= 15 is 0 Å². The SMILES string of the molecule is Cc1cccc(C(=O)Oc2ccc3c(c2)O/C(=C\c2cccs2)C3=O)c1. The second kappa shape index (κ2) is 6.61. The summed E-state index contributed by atoms with van der Waals surface area (Å²) in [5, 5.41) is 1.93. The molecule has 4 rings (SSSR count). The van der Waals surface area contributed by atoms with E-state index in [2.05, 4.69) is 0 Å². The predicted molar refractivity (Wildman–Crippen MR) is 99.8 cm³/mol. The highest BCUT2D eigenvalue weighted by atomic mass is 32.1. The Morgan fingerprint density at radius 3 is 2.77 bits per heavy atom. The molecule has 0 saturated carbocycles. The summed E-state index contributed by atoms with van der Waals surface area (Å²) in [5.74, 6) is 0.370. The van der Waals surface area contributed by atoms with Crippen LogP contribution in [0.4, 0.5) is 0 Å². The number of carbonyl (C=O) groups excluding carboxylic acids is 2. The van der Waals surface area contributed by atoms with Gasteiger partial charge in [-0.15, -0.1) is 11.3 Å². The standard InChI is InChI=1S/C21H14O4S/c1-13-4-2-5-14(10-13)21(23)24-15-7-8-17-18(11-15)25-19(20(17)22)12-16-6-3-9-26-16/h2-12H,1H3/b19-12-. The minimum Gasteiger partial charge on any atom is -0.452 e. The van der Waals surface area contributed by atoms with Gasteiger partial charge < -0.3 is 9.47 Å². The molecule has 0 aliphatic carbocycles. The van der Waals surface area contributed by atoms with Gasteiger partial charge in [0.15, 0.2) is 5.76 Å². The lowest BCUT2D eigenvalue weighted by Crippen LogP contribution is -2.08. The van der Waals surface area contributed by atoms with Gasteiger partial charge in [0.2, 0.25) is 5.78 Å². The third kappa shape index (κ3) is 3.17. The van der Waals surface area contributed by atoms with Crippen LogP contribution in [0.25, 0.3) is 6.08 Å². The summed E-state index contributed by atoms with van der Waals surface area (Å²) in [6, 6.07) is 15.8. The number of carbonyl (C=O) groups is 2. The third-order valence-electron chi connectivity index (χ3n) is 3.92. The number of hydrogen-bond acceptors (Lipinski definition) is 5. The van der Waals surface area contributed by atoms with E-state index in [0.29, 0.717) is 22.6 Å². The number of allylic oxidation sites excluding steroid dienone is 1. The number of esters is 1. The van der Waals surface area contributed by atoms with Crippen molar-refractivity contribution < 1.29 is 19.1 Å². The number of benzene rings is 2. The summed E-state index contributed by atoms with van der Waals surface area (Å²) in [6.07, 6.45) is 1.71. The number of Topliss-reactive ketones (excluding diaryl/α,β-unsaturated/α-hetero) is 1. The fourth-order valence-corrected chi connectivity index (χ4v) is 3.32. The Labute approximate surface area is 154 Å². The van der Waals surface area contributed by atoms with Gasteiger partial charge in [0.05, 0.1) is 11.1 Å². The number of ketones is 1. The minimum absolute atomic E-state index is 0.176. The third-order valence-corrected chi connectivity index (χ3v) is 4.74. The molecule has 0 atom stereocenters. The number of aryl methyl sites for hydroxylation is 1. The van der Waals surface area contributed by atoms with Gasteiger partial charge in [-0.1, -0.05) is 23.8 Å². The highest BCUT2D eigenvalue weighted by Crippen LogP contribution is 2.35. The summed E-state index contributed by atoms with van der Waals surface area (Å²) in [4.78, 5) is 25.6. The first-order valence-electron chi connectivity index (χ1n) is 8.01. The predicted octanol–water partition coefficient (Wildman–Crippen LogP) is 4.89. The van der Waals surface area contributed by atoms with Gasteiger partial charge in [-0.05, 0) is 42.6 Å². The van der Waals surface area contributed by atoms with Gasteiger partial charge in [0.1, 0.15) is 11.5 Å². The number of fused-ring (bicyclic) bond motifs is 1. The zero-order valence-electron chi connectivity index (χ0n) is 13.9. The van der Waals surface area contributed by atoms with Crippen LogP contribution >= 0.6 is 11.3 Å². The summed E-state index contributed by atoms with van der Waals surface area (Å²) in [6.45, 7) is 1.91. The van der Waals surface area contributed by atoms with Crippen molar-refractivity contribution in [3.63, 3.8) is 0 Å². The van der Waals surface area contributed by atoms with Crippen molar-refractivity contribution in [2.24, 2.45) is 0 Å². The molecule has 3 aromatic rings. The van der Waals surface area contributed by atoms with Crippen molar-refractivity contribution in [2.75, 3.05) is 0 Å². The molecule has 0 amide bonds. The van der Waals surface area contributed by atoms with Crippen molar-refractivity contribution in [1.29, 1.82) is 0 Å². The molecule has 128 valence electrons. The van der Waals surface area contributed by atoms with Crippen LogP contribution in [-0.2, 0) is 0 Å². The average molecular weight is 362 g/mol. The molecule has 0 saturated heterocycles. The number of ether oxygens (including phenoxy) is 2. The number of hydrogen-bond donors (Lipinski definition) is 0. The first kappa shape index (κ1) is 16.3. The van der Waals surface area contributed by atoms with E-state index in [4.69, 9.17) is 9.47 Å². The molecular formula is C21H14O4S. The fourth-order valence-electron chi connectivity index (χ4n) is 2.67. The smallest absolute Gasteiger partial charge is 0.343 e. The van der Waals surface area contributed by atoms with Gasteiger partial charge in [0.25, 0.3) is 0 Å². The van der Waals surface area contributed by atoms with Crippen LogP contribution in [0, 0.1) is 6.92 Å². The molecule has 0 unspecified atom stereocenters. The maximum Gasteiger partial charge on any atom is 0.343 e. The van der Waals surface area contributed by atoms with Gasteiger partial charge in [0, 0.05) is 17.0 Å². The Kier molecular flexibility index (Phi) is 4.14. The Bertz CT molecular complexity index is 1030. The van der Waals surface area contributed by atoms with E-state index in [1.54, 1.807) is 42.5 Å². The molecule has 0 spiro atoms. The molecule has 2 heterocycles. The molecule has 5 heteroatoms. The van der Waals surface area contributed by atoms with E-state index in [-0.39, 0.29) is 11.5 Å². The maximum absolute atomic E-state index is 12.4. The van der Waals surface area contributed by atoms with Gasteiger partial charge >= 0.3 is 5.97 Å². The van der Waals surface area contributed by atoms with Crippen molar-refractivity contribution in [1.82, 2.24) is 0 Å². The first-order chi connectivity index (χ1) is 12.6. The van der Waals surface area contributed by atoms with Crippen molar-refractivity contribution in [3.05, 3.63) is 87.3 Å². The quantitative estimate of drug-likeness (QED) is 0.378. The van der Waals surface area contributed by atoms with Crippen LogP contribution in [0.3, 0.4) is 0 Å². The zero-order chi connectivity index (χ0) is 18.1. The van der Waals surface area contributed by atoms with E-state index in [1.165, 1.54) is 11.3 Å². The summed E-state index contributed by atoms with van der Waals surface area (Å²) in [7, 11) is 0. The fraction of sp³-hybridized carbons (Fsp3) is 0.0476. The van der Waals surface area contributed by atoms with Crippen LogP contribution < -0.4 is 9.47 Å². The maximum atomic E-state index is 12.4.